The lowest BCUT2D eigenvalue weighted by molar-refractivity contribution is -0.142. The number of likely N-dealkylation sites (N-methyl/N-ethyl adjacent to an activating group) is 1. The van der Waals surface area contributed by atoms with Gasteiger partial charge in [0, 0.05) is 56.5 Å². The first-order valence-electron chi connectivity index (χ1n) is 16.4. The van der Waals surface area contributed by atoms with Crippen molar-refractivity contribution in [3.63, 3.8) is 0 Å². The van der Waals surface area contributed by atoms with Crippen molar-refractivity contribution in [2.24, 2.45) is 5.92 Å². The van der Waals surface area contributed by atoms with Gasteiger partial charge in [0.25, 0.3) is 5.91 Å². The Morgan fingerprint density at radius 2 is 1.73 bits per heavy atom. The van der Waals surface area contributed by atoms with Crippen LogP contribution in [-0.2, 0) is 9.53 Å². The first kappa shape index (κ1) is 37.6. The van der Waals surface area contributed by atoms with Crippen LogP contribution in [-0.4, -0.2) is 97.3 Å². The molecule has 0 spiro atoms. The number of fused-ring (bicyclic) bond motifs is 2. The molecule has 270 valence electrons. The lowest BCUT2D eigenvalue weighted by Crippen LogP contribution is -2.48. The Morgan fingerprint density at radius 1 is 1.04 bits per heavy atom. The zero-order valence-electron chi connectivity index (χ0n) is 28.2. The van der Waals surface area contributed by atoms with Crippen LogP contribution in [0.2, 0.25) is 0 Å². The van der Waals surface area contributed by atoms with E-state index in [4.69, 9.17) is 18.9 Å². The number of hydrogen-bond acceptors (Lipinski definition) is 8. The third kappa shape index (κ3) is 10.9. The fourth-order valence-electron chi connectivity index (χ4n) is 5.49. The molecule has 2 heterocycles. The highest BCUT2D eigenvalue weighted by molar-refractivity contribution is 5.99. The molecule has 0 unspecified atom stereocenters. The number of rotatable bonds is 8. The summed E-state index contributed by atoms with van der Waals surface area (Å²) in [4.78, 5) is 42.7. The number of carbonyl (C=O) groups is 3. The molecule has 0 bridgehead atoms. The topological polar surface area (TPSA) is 139 Å². The summed E-state index contributed by atoms with van der Waals surface area (Å²) in [5.41, 5.74) is 0.751. The number of urea groups is 1. The number of nitrogens with one attached hydrogen (secondary N) is 2. The molecule has 3 N–H and O–H groups in total. The van der Waals surface area contributed by atoms with Crippen LogP contribution in [0.1, 0.15) is 63.2 Å². The first-order valence-corrected chi connectivity index (χ1v) is 16.4. The van der Waals surface area contributed by atoms with Crippen LogP contribution in [0.25, 0.3) is 0 Å². The van der Waals surface area contributed by atoms with Gasteiger partial charge in [-0.15, -0.1) is 0 Å². The molecule has 0 aromatic heterocycles. The smallest absolute Gasteiger partial charge is 0.389 e. The van der Waals surface area contributed by atoms with Gasteiger partial charge in [0.2, 0.25) is 12.7 Å². The van der Waals surface area contributed by atoms with Crippen molar-refractivity contribution in [1.29, 1.82) is 0 Å². The number of aliphatic hydroxyl groups excluding tert-OH is 1. The van der Waals surface area contributed by atoms with Crippen LogP contribution in [0, 0.1) is 5.92 Å². The number of aliphatic hydroxyl groups is 1. The van der Waals surface area contributed by atoms with Gasteiger partial charge in [-0.25, -0.2) is 4.79 Å². The van der Waals surface area contributed by atoms with E-state index >= 15 is 0 Å². The van der Waals surface area contributed by atoms with E-state index in [1.54, 1.807) is 32.2 Å². The van der Waals surface area contributed by atoms with Gasteiger partial charge in [0.15, 0.2) is 11.5 Å². The second-order valence-corrected chi connectivity index (χ2v) is 12.6. The number of nitrogens with zero attached hydrogens (tertiary/aromatic N) is 2. The minimum atomic E-state index is -4.49. The maximum absolute atomic E-state index is 14.2. The average molecular weight is 695 g/mol. The molecular formula is C34H45F3N4O8. The number of benzene rings is 2. The normalized spacial score (nSPS) is 20.8. The number of carbonyl (C=O) groups excluding carboxylic acids is 3. The summed E-state index contributed by atoms with van der Waals surface area (Å²) < 4.78 is 61.2. The van der Waals surface area contributed by atoms with Crippen LogP contribution in [0.3, 0.4) is 0 Å². The minimum absolute atomic E-state index is 0.0859. The van der Waals surface area contributed by atoms with Crippen molar-refractivity contribution < 1.29 is 51.6 Å². The summed E-state index contributed by atoms with van der Waals surface area (Å²) in [7, 11) is 1.64. The van der Waals surface area contributed by atoms with Gasteiger partial charge >= 0.3 is 12.2 Å². The minimum Gasteiger partial charge on any atom is -0.490 e. The van der Waals surface area contributed by atoms with Crippen LogP contribution >= 0.6 is 0 Å². The Kier molecular flexibility index (Phi) is 13.0. The maximum Gasteiger partial charge on any atom is 0.389 e. The van der Waals surface area contributed by atoms with E-state index in [1.165, 1.54) is 28.0 Å². The van der Waals surface area contributed by atoms with E-state index in [2.05, 4.69) is 10.6 Å². The molecule has 2 aliphatic rings. The number of hydrogen-bond donors (Lipinski definition) is 3. The molecule has 0 radical (unpaired) electrons. The molecule has 0 saturated carbocycles. The predicted octanol–water partition coefficient (Wildman–Crippen LogP) is 5.66. The first-order chi connectivity index (χ1) is 23.2. The molecule has 2 aromatic rings. The molecule has 15 heteroatoms. The number of amides is 4. The third-order valence-electron chi connectivity index (χ3n) is 8.40. The Labute approximate surface area is 283 Å². The summed E-state index contributed by atoms with van der Waals surface area (Å²) in [6, 6.07) is 8.44. The van der Waals surface area contributed by atoms with Crippen molar-refractivity contribution in [3.8, 4) is 17.2 Å². The standard InChI is InChI=1S/C34H45F3N4O8/c1-21-17-41(22(2)19-42)32(44)26-15-24(38-31(43)12-13-34(35,36)37)8-10-27(26)49-23(3)7-5-6-14-46-30(21)18-40(4)33(45)39-25-9-11-28-29(16-25)48-20-47-28/h8-11,15-16,21-23,30,42H,5-7,12-14,17-20H2,1-4H3,(H,38,43)(H,39,45)/t21-,22+,23-,30+/m1/s1. The second kappa shape index (κ2) is 16.9. The molecule has 2 aromatic carbocycles. The van der Waals surface area contributed by atoms with Crippen molar-refractivity contribution in [2.75, 3.05) is 50.8 Å². The molecule has 0 saturated heterocycles. The lowest BCUT2D eigenvalue weighted by Gasteiger charge is -2.35. The number of anilines is 2. The second-order valence-electron chi connectivity index (χ2n) is 12.6. The maximum atomic E-state index is 14.2. The zero-order valence-corrected chi connectivity index (χ0v) is 28.2. The molecule has 49 heavy (non-hydrogen) atoms. The molecule has 4 rings (SSSR count). The number of ether oxygens (including phenoxy) is 4. The summed E-state index contributed by atoms with van der Waals surface area (Å²) in [6.07, 6.45) is -5.21. The average Bonchev–Trinajstić information content (AvgIpc) is 3.52. The van der Waals surface area contributed by atoms with Crippen molar-refractivity contribution in [1.82, 2.24) is 9.80 Å². The third-order valence-corrected chi connectivity index (χ3v) is 8.40. The summed E-state index contributed by atoms with van der Waals surface area (Å²) >= 11 is 0. The molecular weight excluding hydrogens is 649 g/mol. The summed E-state index contributed by atoms with van der Waals surface area (Å²) in [6.45, 7) is 5.91. The molecule has 0 aliphatic carbocycles. The summed E-state index contributed by atoms with van der Waals surface area (Å²) in [5, 5.41) is 15.4. The van der Waals surface area contributed by atoms with E-state index in [-0.39, 0.29) is 61.5 Å². The van der Waals surface area contributed by atoms with E-state index < -0.39 is 43.0 Å². The lowest BCUT2D eigenvalue weighted by atomic mass is 10.0. The Morgan fingerprint density at radius 3 is 2.45 bits per heavy atom. The molecule has 12 nitrogen and oxygen atoms in total. The molecule has 0 fully saturated rings. The zero-order chi connectivity index (χ0) is 35.7. The van der Waals surface area contributed by atoms with Crippen molar-refractivity contribution >= 4 is 29.2 Å². The van der Waals surface area contributed by atoms with Gasteiger partial charge < -0.3 is 44.5 Å². The van der Waals surface area contributed by atoms with Crippen LogP contribution in [0.4, 0.5) is 29.3 Å². The highest BCUT2D eigenvalue weighted by Crippen LogP contribution is 2.34. The molecule has 4 amide bonds. The predicted molar refractivity (Wildman–Crippen MR) is 175 cm³/mol. The SMILES string of the molecule is C[C@@H]1CCCCO[C@@H](CN(C)C(=O)Nc2ccc3c(c2)OCO3)[C@H](C)CN([C@@H](C)CO)C(=O)c2cc(NC(=O)CCC(F)(F)F)ccc2O1. The van der Waals surface area contributed by atoms with Gasteiger partial charge in [-0.05, 0) is 63.4 Å². The molecule has 4 atom stereocenters. The van der Waals surface area contributed by atoms with E-state index in [0.29, 0.717) is 30.2 Å². The van der Waals surface area contributed by atoms with Gasteiger partial charge in [0.1, 0.15) is 5.75 Å². The van der Waals surface area contributed by atoms with Crippen LogP contribution in [0.15, 0.2) is 36.4 Å². The van der Waals surface area contributed by atoms with Crippen molar-refractivity contribution in [2.45, 2.75) is 77.3 Å². The van der Waals surface area contributed by atoms with Crippen LogP contribution in [0.5, 0.6) is 17.2 Å². The highest BCUT2D eigenvalue weighted by atomic mass is 19.4. The van der Waals surface area contributed by atoms with E-state index in [0.717, 1.165) is 12.8 Å². The summed E-state index contributed by atoms with van der Waals surface area (Å²) in [5.74, 6) is -0.306. The van der Waals surface area contributed by atoms with E-state index in [1.807, 2.05) is 13.8 Å². The number of halogens is 3. The Balaban J connectivity index is 1.55. The Bertz CT molecular complexity index is 1460. The fourth-order valence-corrected chi connectivity index (χ4v) is 5.49. The largest absolute Gasteiger partial charge is 0.490 e. The van der Waals surface area contributed by atoms with Gasteiger partial charge in [0.05, 0.1) is 36.8 Å². The van der Waals surface area contributed by atoms with Gasteiger partial charge in [-0.3, -0.25) is 9.59 Å². The number of alkyl halides is 3. The Hall–Kier alpha value is -4.24. The van der Waals surface area contributed by atoms with Crippen molar-refractivity contribution in [3.05, 3.63) is 42.0 Å². The highest BCUT2D eigenvalue weighted by Gasteiger charge is 2.32. The van der Waals surface area contributed by atoms with Gasteiger partial charge in [-0.1, -0.05) is 6.92 Å². The van der Waals surface area contributed by atoms with Gasteiger partial charge in [-0.2, -0.15) is 13.2 Å². The van der Waals surface area contributed by atoms with Crippen LogP contribution < -0.4 is 24.8 Å². The monoisotopic (exact) mass is 694 g/mol. The fraction of sp³-hybridized carbons (Fsp3) is 0.559. The quantitative estimate of drug-likeness (QED) is 0.322. The molecule has 2 aliphatic heterocycles. The van der Waals surface area contributed by atoms with E-state index in [9.17, 15) is 32.7 Å².